The summed E-state index contributed by atoms with van der Waals surface area (Å²) in [5.41, 5.74) is 4.10. The number of aliphatic carboxylic acids is 1. The summed E-state index contributed by atoms with van der Waals surface area (Å²) in [4.78, 5) is 10.5. The van der Waals surface area contributed by atoms with Gasteiger partial charge >= 0.3 is 5.97 Å². The van der Waals surface area contributed by atoms with Crippen molar-refractivity contribution in [3.05, 3.63) is 0 Å². The van der Waals surface area contributed by atoms with Crippen LogP contribution in [0.3, 0.4) is 0 Å². The lowest BCUT2D eigenvalue weighted by Gasteiger charge is -2.20. The van der Waals surface area contributed by atoms with Crippen molar-refractivity contribution >= 4 is 5.97 Å². The lowest BCUT2D eigenvalue weighted by atomic mass is 9.92. The van der Waals surface area contributed by atoms with Gasteiger partial charge in [-0.3, -0.25) is 4.79 Å². The zero-order chi connectivity index (χ0) is 9.07. The molecule has 0 amide bonds. The van der Waals surface area contributed by atoms with Crippen LogP contribution >= 0.6 is 0 Å². The van der Waals surface area contributed by atoms with Crippen molar-refractivity contribution in [3.63, 3.8) is 0 Å². The predicted octanol–water partition coefficient (Wildman–Crippen LogP) is 0.835. The summed E-state index contributed by atoms with van der Waals surface area (Å²) in [5.74, 6) is -0.873. The van der Waals surface area contributed by atoms with Crippen LogP contribution in [-0.4, -0.2) is 16.6 Å². The van der Waals surface area contributed by atoms with Gasteiger partial charge < -0.3 is 10.8 Å². The van der Waals surface area contributed by atoms with E-state index in [1.165, 1.54) is 0 Å². The second-order valence-electron chi connectivity index (χ2n) is 3.06. The van der Waals surface area contributed by atoms with Crippen molar-refractivity contribution < 1.29 is 11.3 Å². The molecule has 0 fully saturated rings. The van der Waals surface area contributed by atoms with Gasteiger partial charge in [-0.15, -0.1) is 0 Å². The van der Waals surface area contributed by atoms with Gasteiger partial charge in [0, 0.05) is 1.37 Å². The van der Waals surface area contributed by atoms with Crippen LogP contribution in [0.1, 0.15) is 28.5 Å². The van der Waals surface area contributed by atoms with Gasteiger partial charge in [0.05, 0.1) is 0 Å². The van der Waals surface area contributed by atoms with Crippen molar-refractivity contribution in [2.24, 2.45) is 11.7 Å². The molecule has 0 unspecified atom stereocenters. The second kappa shape index (κ2) is 3.01. The van der Waals surface area contributed by atoms with E-state index in [0.29, 0.717) is 6.42 Å². The minimum atomic E-state index is -1.35. The van der Waals surface area contributed by atoms with Crippen LogP contribution in [-0.2, 0) is 4.79 Å². The van der Waals surface area contributed by atoms with Gasteiger partial charge in [0.2, 0.25) is 0 Å². The van der Waals surface area contributed by atoms with E-state index < -0.39 is 11.5 Å². The van der Waals surface area contributed by atoms with Gasteiger partial charge in [-0.1, -0.05) is 13.8 Å². The van der Waals surface area contributed by atoms with Crippen LogP contribution in [0, 0.1) is 5.92 Å². The van der Waals surface area contributed by atoms with Crippen LogP contribution in [0.5, 0.6) is 0 Å². The SMILES string of the molecule is [2H]C[C@](N)(CC(C)C)C(=O)O. The van der Waals surface area contributed by atoms with Crippen LogP contribution < -0.4 is 5.73 Å². The lowest BCUT2D eigenvalue weighted by Crippen LogP contribution is -2.45. The Kier molecular flexibility index (Phi) is 2.27. The van der Waals surface area contributed by atoms with Crippen LogP contribution in [0.25, 0.3) is 0 Å². The third-order valence-corrected chi connectivity index (χ3v) is 1.20. The molecule has 0 rings (SSSR count). The van der Waals surface area contributed by atoms with Gasteiger partial charge in [0.25, 0.3) is 0 Å². The molecule has 60 valence electrons. The highest BCUT2D eigenvalue weighted by Gasteiger charge is 2.28. The van der Waals surface area contributed by atoms with Crippen molar-refractivity contribution in [3.8, 4) is 0 Å². The molecule has 0 radical (unpaired) electrons. The zero-order valence-electron chi connectivity index (χ0n) is 7.42. The molecule has 0 aliphatic heterocycles. The average molecular weight is 146 g/mol. The third-order valence-electron chi connectivity index (χ3n) is 1.20. The highest BCUT2D eigenvalue weighted by atomic mass is 16.4. The van der Waals surface area contributed by atoms with E-state index in [-0.39, 0.29) is 12.8 Å². The molecule has 0 saturated carbocycles. The fourth-order valence-electron chi connectivity index (χ4n) is 0.816. The standard InChI is InChI=1S/C7H15NO2/c1-5(2)4-7(3,8)6(9)10/h5H,4,8H2,1-3H3,(H,9,10)/t7-/m0/s1/i3D. The molecule has 0 aliphatic carbocycles. The molecule has 3 nitrogen and oxygen atoms in total. The topological polar surface area (TPSA) is 63.3 Å². The van der Waals surface area contributed by atoms with Gasteiger partial charge in [-0.25, -0.2) is 0 Å². The normalized spacial score (nSPS) is 18.2. The summed E-state index contributed by atoms with van der Waals surface area (Å²) in [5, 5.41) is 8.64. The molecule has 0 aromatic rings. The molecule has 3 heteroatoms. The largest absolute Gasteiger partial charge is 0.480 e. The van der Waals surface area contributed by atoms with E-state index in [9.17, 15) is 4.79 Å². The highest BCUT2D eigenvalue weighted by Crippen LogP contribution is 2.12. The van der Waals surface area contributed by atoms with E-state index in [2.05, 4.69) is 0 Å². The van der Waals surface area contributed by atoms with Gasteiger partial charge in [0.1, 0.15) is 5.54 Å². The van der Waals surface area contributed by atoms with E-state index in [4.69, 9.17) is 12.2 Å². The lowest BCUT2D eigenvalue weighted by molar-refractivity contribution is -0.143. The summed E-state index contributed by atoms with van der Waals surface area (Å²) in [6, 6.07) is 0. The second-order valence-corrected chi connectivity index (χ2v) is 3.06. The molecule has 3 N–H and O–H groups in total. The smallest absolute Gasteiger partial charge is 0.323 e. The Morgan fingerprint density at radius 1 is 1.90 bits per heavy atom. The molecule has 0 aromatic carbocycles. The monoisotopic (exact) mass is 146 g/mol. The van der Waals surface area contributed by atoms with Crippen molar-refractivity contribution in [1.29, 1.82) is 0 Å². The zero-order valence-corrected chi connectivity index (χ0v) is 6.42. The molecule has 0 aromatic heterocycles. The molecule has 10 heavy (non-hydrogen) atoms. The van der Waals surface area contributed by atoms with Crippen LogP contribution in [0.15, 0.2) is 0 Å². The van der Waals surface area contributed by atoms with E-state index >= 15 is 0 Å². The molecular weight excluding hydrogens is 130 g/mol. The Morgan fingerprint density at radius 2 is 2.40 bits per heavy atom. The number of carboxylic acids is 1. The van der Waals surface area contributed by atoms with Gasteiger partial charge in [0.15, 0.2) is 0 Å². The summed E-state index contributed by atoms with van der Waals surface area (Å²) >= 11 is 0. The number of carbonyl (C=O) groups is 1. The first kappa shape index (κ1) is 7.54. The number of carboxylic acid groups (broad SMARTS) is 1. The maximum Gasteiger partial charge on any atom is 0.323 e. The summed E-state index contributed by atoms with van der Waals surface area (Å²) in [7, 11) is 0. The minimum absolute atomic E-state index is 0.210. The Hall–Kier alpha value is -0.570. The van der Waals surface area contributed by atoms with Crippen LogP contribution in [0.4, 0.5) is 0 Å². The maximum atomic E-state index is 10.5. The predicted molar refractivity (Wildman–Crippen MR) is 39.7 cm³/mol. The molecule has 0 bridgehead atoms. The first-order chi connectivity index (χ1) is 4.92. The van der Waals surface area contributed by atoms with Crippen molar-refractivity contribution in [2.45, 2.75) is 32.7 Å². The van der Waals surface area contributed by atoms with Gasteiger partial charge in [-0.05, 0) is 19.2 Å². The Labute approximate surface area is 62.6 Å². The Balaban J connectivity index is 4.22. The third kappa shape index (κ3) is 2.82. The number of nitrogens with two attached hydrogens (primary N) is 1. The summed E-state index contributed by atoms with van der Waals surface area (Å²) in [6.45, 7) is 3.51. The molecule has 0 spiro atoms. The first-order valence-electron chi connectivity index (χ1n) is 3.94. The Bertz CT molecular complexity index is 149. The maximum absolute atomic E-state index is 10.5. The molecule has 0 aliphatic rings. The van der Waals surface area contributed by atoms with E-state index in [0.717, 1.165) is 0 Å². The van der Waals surface area contributed by atoms with Crippen LogP contribution in [0.2, 0.25) is 0 Å². The van der Waals surface area contributed by atoms with Crippen molar-refractivity contribution in [1.82, 2.24) is 0 Å². The van der Waals surface area contributed by atoms with Crippen molar-refractivity contribution in [2.75, 3.05) is 0 Å². The average Bonchev–Trinajstić information content (AvgIpc) is 1.86. The summed E-state index contributed by atoms with van der Waals surface area (Å²) < 4.78 is 6.97. The molecule has 0 heterocycles. The van der Waals surface area contributed by atoms with Gasteiger partial charge in [-0.2, -0.15) is 0 Å². The molecule has 1 atom stereocenters. The Morgan fingerprint density at radius 3 is 2.50 bits per heavy atom. The fourth-order valence-corrected chi connectivity index (χ4v) is 0.816. The summed E-state index contributed by atoms with van der Waals surface area (Å²) in [6.07, 6.45) is 0.353. The van der Waals surface area contributed by atoms with E-state index in [1.54, 1.807) is 0 Å². The number of rotatable bonds is 3. The molecular formula is C7H15NO2. The number of hydrogen-bond donors (Lipinski definition) is 2. The molecule has 0 saturated heterocycles. The fraction of sp³-hybridized carbons (Fsp3) is 0.857. The highest BCUT2D eigenvalue weighted by molar-refractivity contribution is 5.77. The number of hydrogen-bond acceptors (Lipinski definition) is 2. The first-order valence-corrected chi connectivity index (χ1v) is 3.24. The van der Waals surface area contributed by atoms with E-state index in [1.807, 2.05) is 13.8 Å². The quantitative estimate of drug-likeness (QED) is 0.620. The minimum Gasteiger partial charge on any atom is -0.480 e.